The van der Waals surface area contributed by atoms with Gasteiger partial charge in [-0.25, -0.2) is 4.98 Å². The Morgan fingerprint density at radius 1 is 1.45 bits per heavy atom. The van der Waals surface area contributed by atoms with Crippen molar-refractivity contribution in [2.75, 3.05) is 0 Å². The zero-order valence-electron chi connectivity index (χ0n) is 11.0. The summed E-state index contributed by atoms with van der Waals surface area (Å²) in [6.07, 6.45) is 3.87. The van der Waals surface area contributed by atoms with Gasteiger partial charge in [-0.05, 0) is 25.0 Å². The summed E-state index contributed by atoms with van der Waals surface area (Å²) in [7, 11) is 0. The van der Waals surface area contributed by atoms with E-state index in [4.69, 9.17) is 5.73 Å². The lowest BCUT2D eigenvalue weighted by Gasteiger charge is -2.21. The fourth-order valence-electron chi connectivity index (χ4n) is 2.07. The average Bonchev–Trinajstić information content (AvgIpc) is 3.21. The number of thiazole rings is 1. The third-order valence-electron chi connectivity index (χ3n) is 3.25. The second-order valence-corrected chi connectivity index (χ2v) is 5.76. The molecule has 0 radical (unpaired) electrons. The van der Waals surface area contributed by atoms with Crippen molar-refractivity contribution >= 4 is 17.2 Å². The first kappa shape index (κ1) is 13.2. The number of nitrogens with two attached hydrogens (primary N) is 1. The molecule has 0 atom stereocenters. The lowest BCUT2D eigenvalue weighted by atomic mass is 10.3. The second-order valence-electron chi connectivity index (χ2n) is 4.82. The van der Waals surface area contributed by atoms with Crippen molar-refractivity contribution in [1.82, 2.24) is 14.9 Å². The number of carbonyl (C=O) groups excluding carboxylic acids is 1. The predicted octanol–water partition coefficient (Wildman–Crippen LogP) is 1.80. The van der Waals surface area contributed by atoms with Gasteiger partial charge in [0, 0.05) is 24.2 Å². The summed E-state index contributed by atoms with van der Waals surface area (Å²) >= 11 is 1.43. The summed E-state index contributed by atoms with van der Waals surface area (Å²) in [6.45, 7) is 0.918. The molecular weight excluding hydrogens is 272 g/mol. The van der Waals surface area contributed by atoms with Crippen molar-refractivity contribution in [2.24, 2.45) is 5.73 Å². The van der Waals surface area contributed by atoms with E-state index in [9.17, 15) is 4.79 Å². The zero-order chi connectivity index (χ0) is 13.9. The van der Waals surface area contributed by atoms with E-state index in [0.717, 1.165) is 23.5 Å². The number of amides is 1. The van der Waals surface area contributed by atoms with Crippen LogP contribution in [0, 0.1) is 0 Å². The first-order valence-electron chi connectivity index (χ1n) is 6.63. The second kappa shape index (κ2) is 5.68. The molecule has 2 heterocycles. The van der Waals surface area contributed by atoms with Crippen LogP contribution in [-0.4, -0.2) is 26.8 Å². The Balaban J connectivity index is 1.78. The minimum absolute atomic E-state index is 0.0193. The Bertz CT molecular complexity index is 594. The fourth-order valence-corrected chi connectivity index (χ4v) is 2.72. The maximum atomic E-state index is 12.6. The van der Waals surface area contributed by atoms with Crippen LogP contribution in [0.25, 0.3) is 0 Å². The number of pyridine rings is 1. The highest BCUT2D eigenvalue weighted by Gasteiger charge is 2.34. The molecule has 0 bridgehead atoms. The van der Waals surface area contributed by atoms with Gasteiger partial charge in [0.25, 0.3) is 5.91 Å². The van der Waals surface area contributed by atoms with Crippen LogP contribution in [0.2, 0.25) is 0 Å². The van der Waals surface area contributed by atoms with E-state index in [1.807, 2.05) is 23.1 Å². The summed E-state index contributed by atoms with van der Waals surface area (Å²) in [5, 5.41) is 2.58. The Morgan fingerprint density at radius 2 is 2.30 bits per heavy atom. The van der Waals surface area contributed by atoms with Gasteiger partial charge in [0.1, 0.15) is 10.7 Å². The van der Waals surface area contributed by atoms with Crippen molar-refractivity contribution in [1.29, 1.82) is 0 Å². The van der Waals surface area contributed by atoms with E-state index >= 15 is 0 Å². The van der Waals surface area contributed by atoms with Crippen LogP contribution in [-0.2, 0) is 13.1 Å². The lowest BCUT2D eigenvalue weighted by molar-refractivity contribution is 0.0722. The smallest absolute Gasteiger partial charge is 0.273 e. The Hall–Kier alpha value is -1.79. The summed E-state index contributed by atoms with van der Waals surface area (Å²) in [6, 6.07) is 6.08. The van der Waals surface area contributed by atoms with Gasteiger partial charge < -0.3 is 10.6 Å². The molecule has 1 saturated carbocycles. The van der Waals surface area contributed by atoms with E-state index in [1.165, 1.54) is 11.3 Å². The van der Waals surface area contributed by atoms with E-state index < -0.39 is 0 Å². The maximum Gasteiger partial charge on any atom is 0.273 e. The molecule has 0 aromatic carbocycles. The highest BCUT2D eigenvalue weighted by molar-refractivity contribution is 7.09. The summed E-state index contributed by atoms with van der Waals surface area (Å²) in [4.78, 5) is 23.0. The Morgan fingerprint density at radius 3 is 2.90 bits per heavy atom. The number of hydrogen-bond acceptors (Lipinski definition) is 5. The summed E-state index contributed by atoms with van der Waals surface area (Å²) < 4.78 is 0. The van der Waals surface area contributed by atoms with Crippen LogP contribution in [0.3, 0.4) is 0 Å². The first-order chi connectivity index (χ1) is 9.78. The van der Waals surface area contributed by atoms with Gasteiger partial charge in [-0.15, -0.1) is 11.3 Å². The Kier molecular flexibility index (Phi) is 3.75. The molecule has 6 heteroatoms. The third kappa shape index (κ3) is 2.86. The van der Waals surface area contributed by atoms with Gasteiger partial charge in [0.15, 0.2) is 0 Å². The van der Waals surface area contributed by atoms with Gasteiger partial charge in [-0.1, -0.05) is 6.07 Å². The number of aromatic nitrogens is 2. The highest BCUT2D eigenvalue weighted by Crippen LogP contribution is 2.29. The first-order valence-corrected chi connectivity index (χ1v) is 7.51. The lowest BCUT2D eigenvalue weighted by Crippen LogP contribution is -2.33. The molecule has 2 aromatic rings. The van der Waals surface area contributed by atoms with Crippen molar-refractivity contribution < 1.29 is 4.79 Å². The largest absolute Gasteiger partial charge is 0.328 e. The van der Waals surface area contributed by atoms with Crippen LogP contribution in [0.15, 0.2) is 29.8 Å². The van der Waals surface area contributed by atoms with E-state index in [-0.39, 0.29) is 5.91 Å². The normalized spacial score (nSPS) is 14.2. The SMILES string of the molecule is NCc1nc(C(=O)N(Cc2ccccn2)C2CC2)cs1. The van der Waals surface area contributed by atoms with Crippen molar-refractivity contribution in [3.8, 4) is 0 Å². The van der Waals surface area contributed by atoms with Crippen LogP contribution in [0.1, 0.15) is 34.0 Å². The Labute approximate surface area is 121 Å². The number of nitrogens with zero attached hydrogens (tertiary/aromatic N) is 3. The number of carbonyl (C=O) groups is 1. The molecule has 1 amide bonds. The van der Waals surface area contributed by atoms with Gasteiger partial charge >= 0.3 is 0 Å². The van der Waals surface area contributed by atoms with E-state index in [1.54, 1.807) is 11.6 Å². The average molecular weight is 288 g/mol. The minimum atomic E-state index is -0.0193. The third-order valence-corrected chi connectivity index (χ3v) is 4.12. The topological polar surface area (TPSA) is 72.1 Å². The molecule has 2 N–H and O–H groups in total. The maximum absolute atomic E-state index is 12.6. The van der Waals surface area contributed by atoms with Crippen molar-refractivity contribution in [3.63, 3.8) is 0 Å². The summed E-state index contributed by atoms with van der Waals surface area (Å²) in [5.74, 6) is -0.0193. The fraction of sp³-hybridized carbons (Fsp3) is 0.357. The molecule has 2 aromatic heterocycles. The molecule has 3 rings (SSSR count). The molecule has 104 valence electrons. The molecule has 0 saturated heterocycles. The van der Waals surface area contributed by atoms with Crippen LogP contribution >= 0.6 is 11.3 Å². The quantitative estimate of drug-likeness (QED) is 0.910. The number of rotatable bonds is 5. The molecule has 5 nitrogen and oxygen atoms in total. The van der Waals surface area contributed by atoms with Gasteiger partial charge in [0.2, 0.25) is 0 Å². The standard InChI is InChI=1S/C14H16N4OS/c15-7-13-17-12(9-20-13)14(19)18(11-4-5-11)8-10-3-1-2-6-16-10/h1-3,6,9,11H,4-5,7-8,15H2. The molecule has 0 aliphatic heterocycles. The highest BCUT2D eigenvalue weighted by atomic mass is 32.1. The molecule has 1 aliphatic rings. The molecule has 0 unspecified atom stereocenters. The molecule has 1 aliphatic carbocycles. The number of hydrogen-bond donors (Lipinski definition) is 1. The van der Waals surface area contributed by atoms with Gasteiger partial charge in [-0.3, -0.25) is 9.78 Å². The predicted molar refractivity (Wildman–Crippen MR) is 77.1 cm³/mol. The van der Waals surface area contributed by atoms with E-state index in [2.05, 4.69) is 9.97 Å². The van der Waals surface area contributed by atoms with Crippen LogP contribution < -0.4 is 5.73 Å². The van der Waals surface area contributed by atoms with Gasteiger partial charge in [-0.2, -0.15) is 0 Å². The summed E-state index contributed by atoms with van der Waals surface area (Å²) in [5.41, 5.74) is 6.95. The molecule has 0 spiro atoms. The van der Waals surface area contributed by atoms with Gasteiger partial charge in [0.05, 0.1) is 12.2 Å². The van der Waals surface area contributed by atoms with Crippen LogP contribution in [0.4, 0.5) is 0 Å². The zero-order valence-corrected chi connectivity index (χ0v) is 11.8. The van der Waals surface area contributed by atoms with Crippen LogP contribution in [0.5, 0.6) is 0 Å². The molecular formula is C14H16N4OS. The van der Waals surface area contributed by atoms with Crippen molar-refractivity contribution in [3.05, 3.63) is 46.2 Å². The molecule has 20 heavy (non-hydrogen) atoms. The monoisotopic (exact) mass is 288 g/mol. The molecule has 1 fully saturated rings. The van der Waals surface area contributed by atoms with E-state index in [0.29, 0.717) is 24.8 Å². The minimum Gasteiger partial charge on any atom is -0.328 e. The van der Waals surface area contributed by atoms with Crippen molar-refractivity contribution in [2.45, 2.75) is 32.0 Å².